The minimum atomic E-state index is -0.327. The van der Waals surface area contributed by atoms with E-state index in [0.717, 1.165) is 0 Å². The van der Waals surface area contributed by atoms with E-state index in [9.17, 15) is 4.79 Å². The molecule has 0 atom stereocenters. The van der Waals surface area contributed by atoms with Crippen molar-refractivity contribution in [1.82, 2.24) is 19.9 Å². The predicted octanol–water partition coefficient (Wildman–Crippen LogP) is 0.912. The van der Waals surface area contributed by atoms with Crippen molar-refractivity contribution in [2.75, 3.05) is 5.32 Å². The van der Waals surface area contributed by atoms with Crippen molar-refractivity contribution in [3.63, 3.8) is 0 Å². The molecule has 1 N–H and O–H groups in total. The highest BCUT2D eigenvalue weighted by Crippen LogP contribution is 2.15. The van der Waals surface area contributed by atoms with Gasteiger partial charge in [0.15, 0.2) is 5.82 Å². The monoisotopic (exact) mass is 255 g/mol. The first kappa shape index (κ1) is 11.6. The summed E-state index contributed by atoms with van der Waals surface area (Å²) in [7, 11) is 0. The van der Waals surface area contributed by atoms with E-state index in [4.69, 9.17) is 11.6 Å². The molecule has 0 saturated heterocycles. The Morgan fingerprint density at radius 1 is 1.59 bits per heavy atom. The normalized spacial score (nSPS) is 10.5. The lowest BCUT2D eigenvalue weighted by Gasteiger charge is -2.07. The summed E-state index contributed by atoms with van der Waals surface area (Å²) >= 11 is 5.92. The first-order valence-electron chi connectivity index (χ1n) is 4.97. The van der Waals surface area contributed by atoms with E-state index in [1.807, 2.05) is 6.92 Å². The van der Waals surface area contributed by atoms with Crippen molar-refractivity contribution in [2.45, 2.75) is 20.0 Å². The van der Waals surface area contributed by atoms with Crippen LogP contribution in [0.3, 0.4) is 0 Å². The molecule has 17 heavy (non-hydrogen) atoms. The lowest BCUT2D eigenvalue weighted by Crippen LogP contribution is -2.23. The Morgan fingerprint density at radius 3 is 3.06 bits per heavy atom. The fourth-order valence-corrected chi connectivity index (χ4v) is 1.47. The average Bonchev–Trinajstić information content (AvgIpc) is 2.84. The number of aryl methyl sites for hydroxylation is 1. The van der Waals surface area contributed by atoms with Gasteiger partial charge in [0.05, 0.1) is 18.4 Å². The van der Waals surface area contributed by atoms with Crippen LogP contribution in [0, 0.1) is 0 Å². The maximum atomic E-state index is 11.7. The molecule has 0 saturated carbocycles. The van der Waals surface area contributed by atoms with Crippen molar-refractivity contribution in [1.29, 1.82) is 0 Å². The van der Waals surface area contributed by atoms with Crippen LogP contribution < -0.4 is 10.9 Å². The molecule has 0 aliphatic heterocycles. The Hall–Kier alpha value is -1.89. The predicted molar refractivity (Wildman–Crippen MR) is 60.8 cm³/mol. The van der Waals surface area contributed by atoms with Crippen LogP contribution in [0.4, 0.5) is 5.69 Å². The standard InChI is InChI=1S/C9H10ClN5O2/c1-2-15-9(16)8(10)6(3-13-15)11-4-7-12-5-17-14-7/h3,5,11H,2,4H2,1H3. The molecule has 0 amide bonds. The summed E-state index contributed by atoms with van der Waals surface area (Å²) in [5.74, 6) is 0.473. The van der Waals surface area contributed by atoms with Gasteiger partial charge < -0.3 is 9.84 Å². The first-order chi connectivity index (χ1) is 8.22. The Labute approximate surface area is 101 Å². The quantitative estimate of drug-likeness (QED) is 0.874. The van der Waals surface area contributed by atoms with Crippen molar-refractivity contribution in [2.24, 2.45) is 0 Å². The zero-order chi connectivity index (χ0) is 12.3. The minimum Gasteiger partial charge on any atom is -0.375 e. The van der Waals surface area contributed by atoms with Gasteiger partial charge in [0.2, 0.25) is 6.39 Å². The molecule has 0 aliphatic carbocycles. The highest BCUT2D eigenvalue weighted by atomic mass is 35.5. The molecule has 8 heteroatoms. The van der Waals surface area contributed by atoms with Gasteiger partial charge in [0.25, 0.3) is 5.56 Å². The maximum absolute atomic E-state index is 11.7. The number of aromatic nitrogens is 4. The molecule has 2 rings (SSSR count). The number of hydrogen-bond donors (Lipinski definition) is 1. The van der Waals surface area contributed by atoms with E-state index < -0.39 is 0 Å². The van der Waals surface area contributed by atoms with Gasteiger partial charge in [-0.25, -0.2) is 4.68 Å². The van der Waals surface area contributed by atoms with Crippen LogP contribution in [0.5, 0.6) is 0 Å². The number of hydrogen-bond acceptors (Lipinski definition) is 6. The molecule has 0 unspecified atom stereocenters. The fourth-order valence-electron chi connectivity index (χ4n) is 1.26. The van der Waals surface area contributed by atoms with Crippen molar-refractivity contribution in [3.8, 4) is 0 Å². The second-order valence-corrected chi connectivity index (χ2v) is 3.57. The summed E-state index contributed by atoms with van der Waals surface area (Å²) in [5.41, 5.74) is 0.124. The SMILES string of the molecule is CCn1ncc(NCc2ncon2)c(Cl)c1=O. The number of rotatable bonds is 4. The molecule has 2 aromatic heterocycles. The van der Waals surface area contributed by atoms with Crippen LogP contribution >= 0.6 is 11.6 Å². The van der Waals surface area contributed by atoms with Gasteiger partial charge in [0.1, 0.15) is 5.02 Å². The lowest BCUT2D eigenvalue weighted by atomic mass is 10.4. The average molecular weight is 256 g/mol. The van der Waals surface area contributed by atoms with E-state index in [0.29, 0.717) is 24.6 Å². The number of halogens is 1. The summed E-state index contributed by atoms with van der Waals surface area (Å²) in [6, 6.07) is 0. The minimum absolute atomic E-state index is 0.102. The summed E-state index contributed by atoms with van der Waals surface area (Å²) < 4.78 is 5.86. The van der Waals surface area contributed by atoms with Gasteiger partial charge in [-0.3, -0.25) is 4.79 Å². The number of anilines is 1. The zero-order valence-corrected chi connectivity index (χ0v) is 9.81. The van der Waals surface area contributed by atoms with E-state index in [-0.39, 0.29) is 10.6 Å². The van der Waals surface area contributed by atoms with Gasteiger partial charge in [-0.05, 0) is 6.92 Å². The molecular formula is C9H10ClN5O2. The number of nitrogens with one attached hydrogen (secondary N) is 1. The molecular weight excluding hydrogens is 246 g/mol. The van der Waals surface area contributed by atoms with Crippen LogP contribution in [0.2, 0.25) is 5.02 Å². The summed E-state index contributed by atoms with van der Waals surface area (Å²) in [4.78, 5) is 15.5. The molecule has 7 nitrogen and oxygen atoms in total. The van der Waals surface area contributed by atoms with E-state index in [1.54, 1.807) is 0 Å². The van der Waals surface area contributed by atoms with Crippen LogP contribution in [0.1, 0.15) is 12.7 Å². The highest BCUT2D eigenvalue weighted by molar-refractivity contribution is 6.32. The van der Waals surface area contributed by atoms with Gasteiger partial charge >= 0.3 is 0 Å². The van der Waals surface area contributed by atoms with E-state index in [1.165, 1.54) is 17.3 Å². The first-order valence-corrected chi connectivity index (χ1v) is 5.35. The topological polar surface area (TPSA) is 85.8 Å². The molecule has 2 heterocycles. The Morgan fingerprint density at radius 2 is 2.41 bits per heavy atom. The largest absolute Gasteiger partial charge is 0.375 e. The smallest absolute Gasteiger partial charge is 0.287 e. The number of nitrogens with zero attached hydrogens (tertiary/aromatic N) is 4. The molecule has 0 bridgehead atoms. The summed E-state index contributed by atoms with van der Waals surface area (Å²) in [6.07, 6.45) is 2.72. The lowest BCUT2D eigenvalue weighted by molar-refractivity contribution is 0.411. The molecule has 0 spiro atoms. The molecule has 0 radical (unpaired) electrons. The van der Waals surface area contributed by atoms with Gasteiger partial charge in [-0.15, -0.1) is 0 Å². The molecule has 0 aliphatic rings. The third-order valence-corrected chi connectivity index (χ3v) is 2.49. The fraction of sp³-hybridized carbons (Fsp3) is 0.333. The van der Waals surface area contributed by atoms with Gasteiger partial charge in [-0.2, -0.15) is 10.1 Å². The summed E-state index contributed by atoms with van der Waals surface area (Å²) in [5, 5.41) is 10.6. The third kappa shape index (κ3) is 2.44. The molecule has 0 fully saturated rings. The second-order valence-electron chi connectivity index (χ2n) is 3.19. The molecule has 2 aromatic rings. The second kappa shape index (κ2) is 4.96. The van der Waals surface area contributed by atoms with Crippen LogP contribution in [0.25, 0.3) is 0 Å². The molecule has 90 valence electrons. The van der Waals surface area contributed by atoms with Crippen LogP contribution in [-0.2, 0) is 13.1 Å². The van der Waals surface area contributed by atoms with Gasteiger partial charge in [0, 0.05) is 6.54 Å². The van der Waals surface area contributed by atoms with Gasteiger partial charge in [-0.1, -0.05) is 16.8 Å². The van der Waals surface area contributed by atoms with Crippen LogP contribution in [-0.4, -0.2) is 19.9 Å². The highest BCUT2D eigenvalue weighted by Gasteiger charge is 2.08. The van der Waals surface area contributed by atoms with Crippen LogP contribution in [0.15, 0.2) is 21.9 Å². The molecule has 0 aromatic carbocycles. The van der Waals surface area contributed by atoms with Crippen molar-refractivity contribution >= 4 is 17.3 Å². The van der Waals surface area contributed by atoms with Crippen molar-refractivity contribution < 1.29 is 4.52 Å². The maximum Gasteiger partial charge on any atom is 0.287 e. The Balaban J connectivity index is 2.17. The zero-order valence-electron chi connectivity index (χ0n) is 9.05. The Kier molecular flexibility index (Phi) is 3.38. The summed E-state index contributed by atoms with van der Waals surface area (Å²) in [6.45, 7) is 2.61. The van der Waals surface area contributed by atoms with Crippen molar-refractivity contribution in [3.05, 3.63) is 33.8 Å². The van der Waals surface area contributed by atoms with E-state index >= 15 is 0 Å². The van der Waals surface area contributed by atoms with E-state index in [2.05, 4.69) is 25.1 Å². The Bertz CT molecular complexity index is 551. The third-order valence-electron chi connectivity index (χ3n) is 2.13.